The van der Waals surface area contributed by atoms with Crippen LogP contribution in [0.25, 0.3) is 0 Å². The summed E-state index contributed by atoms with van der Waals surface area (Å²) in [7, 11) is 1.93. The molecule has 0 spiro atoms. The smallest absolute Gasteiger partial charge is 0.0571 e. The standard InChI is InChI=1S/C12H20N2OS/c1-9(7-15)8-16-11-4-5-12(14-6-11)10(2)13-3/h4-6,9-10,13,15H,7-8H2,1-3H3. The predicted octanol–water partition coefficient (Wildman–Crippen LogP) is 2.08. The van der Waals surface area contributed by atoms with Crippen LogP contribution >= 0.6 is 11.8 Å². The van der Waals surface area contributed by atoms with Crippen molar-refractivity contribution in [2.45, 2.75) is 24.8 Å². The molecule has 0 aliphatic heterocycles. The minimum absolute atomic E-state index is 0.245. The van der Waals surface area contributed by atoms with Gasteiger partial charge in [0, 0.05) is 29.5 Å². The molecule has 4 heteroatoms. The topological polar surface area (TPSA) is 45.1 Å². The number of nitrogens with one attached hydrogen (secondary N) is 1. The van der Waals surface area contributed by atoms with Gasteiger partial charge in [-0.3, -0.25) is 4.98 Å². The van der Waals surface area contributed by atoms with E-state index >= 15 is 0 Å². The van der Waals surface area contributed by atoms with Crippen LogP contribution < -0.4 is 5.32 Å². The van der Waals surface area contributed by atoms with Gasteiger partial charge in [0.15, 0.2) is 0 Å². The van der Waals surface area contributed by atoms with Crippen LogP contribution in [0.3, 0.4) is 0 Å². The molecule has 0 fully saturated rings. The molecule has 16 heavy (non-hydrogen) atoms. The van der Waals surface area contributed by atoms with Crippen molar-refractivity contribution in [1.29, 1.82) is 0 Å². The third kappa shape index (κ3) is 4.12. The highest BCUT2D eigenvalue weighted by atomic mass is 32.2. The molecule has 90 valence electrons. The lowest BCUT2D eigenvalue weighted by Gasteiger charge is -2.10. The SMILES string of the molecule is CNC(C)c1ccc(SCC(C)CO)cn1. The number of thioether (sulfide) groups is 1. The van der Waals surface area contributed by atoms with Crippen LogP contribution in [0.5, 0.6) is 0 Å². The maximum absolute atomic E-state index is 8.92. The maximum atomic E-state index is 8.92. The molecule has 0 aromatic carbocycles. The Hall–Kier alpha value is -0.580. The van der Waals surface area contributed by atoms with E-state index in [-0.39, 0.29) is 12.6 Å². The van der Waals surface area contributed by atoms with Crippen LogP contribution in [-0.2, 0) is 0 Å². The molecule has 1 rings (SSSR count). The van der Waals surface area contributed by atoms with Crippen LogP contribution in [0.2, 0.25) is 0 Å². The lowest BCUT2D eigenvalue weighted by molar-refractivity contribution is 0.250. The zero-order valence-corrected chi connectivity index (χ0v) is 10.9. The van der Waals surface area contributed by atoms with E-state index in [1.165, 1.54) is 0 Å². The molecule has 0 bridgehead atoms. The number of aromatic nitrogens is 1. The normalized spacial score (nSPS) is 14.8. The second-order valence-electron chi connectivity index (χ2n) is 4.03. The van der Waals surface area contributed by atoms with E-state index in [0.29, 0.717) is 5.92 Å². The van der Waals surface area contributed by atoms with Crippen molar-refractivity contribution in [2.75, 3.05) is 19.4 Å². The van der Waals surface area contributed by atoms with Crippen LogP contribution in [-0.4, -0.2) is 29.5 Å². The van der Waals surface area contributed by atoms with Crippen LogP contribution in [0.15, 0.2) is 23.2 Å². The first kappa shape index (κ1) is 13.5. The van der Waals surface area contributed by atoms with E-state index in [0.717, 1.165) is 16.3 Å². The van der Waals surface area contributed by atoms with E-state index < -0.39 is 0 Å². The number of hydrogen-bond donors (Lipinski definition) is 2. The summed E-state index contributed by atoms with van der Waals surface area (Å²) >= 11 is 1.74. The van der Waals surface area contributed by atoms with Crippen molar-refractivity contribution in [2.24, 2.45) is 5.92 Å². The third-order valence-electron chi connectivity index (χ3n) is 2.48. The lowest BCUT2D eigenvalue weighted by atomic mass is 10.2. The fourth-order valence-corrected chi connectivity index (χ4v) is 2.05. The van der Waals surface area contributed by atoms with Crippen LogP contribution in [0, 0.1) is 5.92 Å². The first-order valence-corrected chi connectivity index (χ1v) is 6.52. The highest BCUT2D eigenvalue weighted by molar-refractivity contribution is 7.99. The molecular weight excluding hydrogens is 220 g/mol. The van der Waals surface area contributed by atoms with Gasteiger partial charge in [-0.05, 0) is 32.0 Å². The second-order valence-corrected chi connectivity index (χ2v) is 5.12. The summed E-state index contributed by atoms with van der Waals surface area (Å²) < 4.78 is 0. The summed E-state index contributed by atoms with van der Waals surface area (Å²) in [4.78, 5) is 5.57. The van der Waals surface area contributed by atoms with Crippen LogP contribution in [0.4, 0.5) is 0 Å². The van der Waals surface area contributed by atoms with E-state index in [1.807, 2.05) is 26.2 Å². The van der Waals surface area contributed by atoms with Crippen molar-refractivity contribution in [3.8, 4) is 0 Å². The maximum Gasteiger partial charge on any atom is 0.0571 e. The summed E-state index contributed by atoms with van der Waals surface area (Å²) in [5.41, 5.74) is 1.06. The molecular formula is C12H20N2OS. The van der Waals surface area contributed by atoms with E-state index in [9.17, 15) is 0 Å². The largest absolute Gasteiger partial charge is 0.396 e. The first-order chi connectivity index (χ1) is 7.67. The molecule has 1 aromatic rings. The molecule has 1 heterocycles. The highest BCUT2D eigenvalue weighted by Crippen LogP contribution is 2.21. The Labute approximate surface area is 102 Å². The summed E-state index contributed by atoms with van der Waals surface area (Å²) in [6.45, 7) is 4.37. The van der Waals surface area contributed by atoms with Gasteiger partial charge in [0.25, 0.3) is 0 Å². The first-order valence-electron chi connectivity index (χ1n) is 5.54. The summed E-state index contributed by atoms with van der Waals surface area (Å²) in [6.07, 6.45) is 1.90. The minimum atomic E-state index is 0.245. The molecule has 0 saturated carbocycles. The summed E-state index contributed by atoms with van der Waals surface area (Å²) in [5.74, 6) is 1.26. The van der Waals surface area contributed by atoms with Crippen molar-refractivity contribution >= 4 is 11.8 Å². The molecule has 2 unspecified atom stereocenters. The second kappa shape index (κ2) is 6.89. The molecule has 0 aliphatic carbocycles. The number of nitrogens with zero attached hydrogens (tertiary/aromatic N) is 1. The van der Waals surface area contributed by atoms with Gasteiger partial charge in [-0.25, -0.2) is 0 Å². The van der Waals surface area contributed by atoms with Gasteiger partial charge in [0.05, 0.1) is 5.69 Å². The third-order valence-corrected chi connectivity index (χ3v) is 3.79. The highest BCUT2D eigenvalue weighted by Gasteiger charge is 2.05. The fourth-order valence-electron chi connectivity index (χ4n) is 1.17. The van der Waals surface area contributed by atoms with E-state index in [4.69, 9.17) is 5.11 Å². The molecule has 0 radical (unpaired) electrons. The molecule has 2 atom stereocenters. The van der Waals surface area contributed by atoms with Gasteiger partial charge in [0.1, 0.15) is 0 Å². The van der Waals surface area contributed by atoms with Gasteiger partial charge in [-0.15, -0.1) is 11.8 Å². The van der Waals surface area contributed by atoms with Crippen molar-refractivity contribution in [3.05, 3.63) is 24.0 Å². The number of aliphatic hydroxyl groups excluding tert-OH is 1. The van der Waals surface area contributed by atoms with Gasteiger partial charge in [0.2, 0.25) is 0 Å². The van der Waals surface area contributed by atoms with Crippen LogP contribution in [0.1, 0.15) is 25.6 Å². The molecule has 2 N–H and O–H groups in total. The monoisotopic (exact) mass is 240 g/mol. The molecule has 3 nitrogen and oxygen atoms in total. The lowest BCUT2D eigenvalue weighted by Crippen LogP contribution is -2.13. The summed E-state index contributed by atoms with van der Waals surface area (Å²) in [6, 6.07) is 4.42. The average Bonchev–Trinajstić information content (AvgIpc) is 2.35. The zero-order valence-electron chi connectivity index (χ0n) is 10.1. The zero-order chi connectivity index (χ0) is 12.0. The summed E-state index contributed by atoms with van der Waals surface area (Å²) in [5, 5.41) is 12.1. The van der Waals surface area contributed by atoms with Crippen molar-refractivity contribution < 1.29 is 5.11 Å². The number of hydrogen-bond acceptors (Lipinski definition) is 4. The molecule has 0 amide bonds. The Morgan fingerprint density at radius 2 is 2.19 bits per heavy atom. The average molecular weight is 240 g/mol. The van der Waals surface area contributed by atoms with Gasteiger partial charge in [-0.1, -0.05) is 6.92 Å². The Morgan fingerprint density at radius 3 is 2.69 bits per heavy atom. The minimum Gasteiger partial charge on any atom is -0.396 e. The molecule has 0 saturated heterocycles. The van der Waals surface area contributed by atoms with Gasteiger partial charge >= 0.3 is 0 Å². The quantitative estimate of drug-likeness (QED) is 0.747. The number of aliphatic hydroxyl groups is 1. The Bertz CT molecular complexity index is 302. The fraction of sp³-hybridized carbons (Fsp3) is 0.583. The Balaban J connectivity index is 2.51. The molecule has 1 aromatic heterocycles. The Morgan fingerprint density at radius 1 is 1.44 bits per heavy atom. The predicted molar refractivity (Wildman–Crippen MR) is 68.7 cm³/mol. The van der Waals surface area contributed by atoms with Gasteiger partial charge < -0.3 is 10.4 Å². The van der Waals surface area contributed by atoms with Crippen molar-refractivity contribution in [3.63, 3.8) is 0 Å². The Kier molecular flexibility index (Phi) is 5.80. The number of pyridine rings is 1. The van der Waals surface area contributed by atoms with E-state index in [2.05, 4.69) is 23.3 Å². The van der Waals surface area contributed by atoms with E-state index in [1.54, 1.807) is 11.8 Å². The van der Waals surface area contributed by atoms with Gasteiger partial charge in [-0.2, -0.15) is 0 Å². The van der Waals surface area contributed by atoms with Crippen molar-refractivity contribution in [1.82, 2.24) is 10.3 Å². The number of rotatable bonds is 6. The molecule has 0 aliphatic rings.